The van der Waals surface area contributed by atoms with Crippen molar-refractivity contribution in [2.24, 2.45) is 0 Å². The van der Waals surface area contributed by atoms with Gasteiger partial charge in [0.25, 0.3) is 0 Å². The van der Waals surface area contributed by atoms with Crippen LogP contribution in [-0.2, 0) is 6.61 Å². The molecule has 0 aliphatic carbocycles. The summed E-state index contributed by atoms with van der Waals surface area (Å²) in [6.07, 6.45) is 0. The molecule has 2 heteroatoms. The zero-order valence-corrected chi connectivity index (χ0v) is 12.8. The molecule has 2 rings (SSSR count). The number of anilines is 1. The molecule has 0 N–H and O–H groups in total. The lowest BCUT2D eigenvalue weighted by Crippen LogP contribution is -2.11. The van der Waals surface area contributed by atoms with Crippen LogP contribution in [0.5, 0.6) is 5.75 Å². The van der Waals surface area contributed by atoms with E-state index in [1.165, 1.54) is 11.1 Å². The summed E-state index contributed by atoms with van der Waals surface area (Å²) >= 11 is 0. The van der Waals surface area contributed by atoms with Crippen molar-refractivity contribution in [2.45, 2.75) is 26.4 Å². The maximum Gasteiger partial charge on any atom is 0.143 e. The van der Waals surface area contributed by atoms with Gasteiger partial charge in [-0.15, -0.1) is 0 Å². The third kappa shape index (κ3) is 3.53. The lowest BCUT2D eigenvalue weighted by Gasteiger charge is -2.20. The van der Waals surface area contributed by atoms with Crippen LogP contribution in [0.2, 0.25) is 0 Å². The maximum atomic E-state index is 5.98. The first-order valence-electron chi connectivity index (χ1n) is 7.06. The van der Waals surface area contributed by atoms with Crippen LogP contribution >= 0.6 is 0 Å². The number of ether oxygens (including phenoxy) is 1. The van der Waals surface area contributed by atoms with Gasteiger partial charge in [-0.25, -0.2) is 0 Å². The van der Waals surface area contributed by atoms with Crippen molar-refractivity contribution in [3.05, 3.63) is 59.7 Å². The van der Waals surface area contributed by atoms with E-state index in [0.717, 1.165) is 11.4 Å². The standard InChI is InChI=1S/C18H23NO/c1-14(2)16-10-11-18(17(12-16)19(3)4)20-13-15-8-6-5-7-9-15/h5-12,14H,13H2,1-4H3. The average molecular weight is 269 g/mol. The lowest BCUT2D eigenvalue weighted by atomic mass is 10.0. The third-order valence-corrected chi connectivity index (χ3v) is 3.37. The third-order valence-electron chi connectivity index (χ3n) is 3.37. The number of benzene rings is 2. The first-order valence-corrected chi connectivity index (χ1v) is 7.06. The van der Waals surface area contributed by atoms with Crippen molar-refractivity contribution in [3.63, 3.8) is 0 Å². The largest absolute Gasteiger partial charge is 0.487 e. The van der Waals surface area contributed by atoms with E-state index < -0.39 is 0 Å². The number of hydrogen-bond donors (Lipinski definition) is 0. The Morgan fingerprint density at radius 1 is 1.00 bits per heavy atom. The van der Waals surface area contributed by atoms with Gasteiger partial charge < -0.3 is 9.64 Å². The van der Waals surface area contributed by atoms with E-state index in [2.05, 4.69) is 63.2 Å². The van der Waals surface area contributed by atoms with Gasteiger partial charge in [-0.1, -0.05) is 50.2 Å². The molecular formula is C18H23NO. The summed E-state index contributed by atoms with van der Waals surface area (Å²) in [5.41, 5.74) is 3.65. The highest BCUT2D eigenvalue weighted by Crippen LogP contribution is 2.31. The molecule has 0 saturated heterocycles. The Hall–Kier alpha value is -1.96. The van der Waals surface area contributed by atoms with Crippen molar-refractivity contribution in [1.29, 1.82) is 0 Å². The molecule has 0 aromatic heterocycles. The normalized spacial score (nSPS) is 10.7. The summed E-state index contributed by atoms with van der Waals surface area (Å²) < 4.78 is 5.98. The van der Waals surface area contributed by atoms with Crippen LogP contribution in [0.4, 0.5) is 5.69 Å². The Kier molecular flexibility index (Phi) is 4.67. The monoisotopic (exact) mass is 269 g/mol. The molecule has 0 spiro atoms. The first kappa shape index (κ1) is 14.4. The SMILES string of the molecule is CC(C)c1ccc(OCc2ccccc2)c(N(C)C)c1. The lowest BCUT2D eigenvalue weighted by molar-refractivity contribution is 0.307. The van der Waals surface area contributed by atoms with Crippen LogP contribution in [0.1, 0.15) is 30.9 Å². The Balaban J connectivity index is 2.18. The van der Waals surface area contributed by atoms with E-state index in [1.54, 1.807) is 0 Å². The van der Waals surface area contributed by atoms with E-state index in [-0.39, 0.29) is 0 Å². The zero-order valence-electron chi connectivity index (χ0n) is 12.8. The van der Waals surface area contributed by atoms with Crippen molar-refractivity contribution < 1.29 is 4.74 Å². The Bertz CT molecular complexity index is 547. The minimum atomic E-state index is 0.525. The quantitative estimate of drug-likeness (QED) is 0.795. The molecule has 0 fully saturated rings. The first-order chi connectivity index (χ1) is 9.58. The summed E-state index contributed by atoms with van der Waals surface area (Å²) in [5, 5.41) is 0. The Morgan fingerprint density at radius 3 is 2.30 bits per heavy atom. The highest BCUT2D eigenvalue weighted by Gasteiger charge is 2.09. The second-order valence-corrected chi connectivity index (χ2v) is 5.55. The fraction of sp³-hybridized carbons (Fsp3) is 0.333. The van der Waals surface area contributed by atoms with Gasteiger partial charge in [0.1, 0.15) is 12.4 Å². The molecule has 20 heavy (non-hydrogen) atoms. The minimum absolute atomic E-state index is 0.525. The molecule has 0 amide bonds. The molecule has 2 aromatic carbocycles. The van der Waals surface area contributed by atoms with E-state index in [4.69, 9.17) is 4.74 Å². The number of rotatable bonds is 5. The Labute approximate surface area is 122 Å². The van der Waals surface area contributed by atoms with Gasteiger partial charge in [0.2, 0.25) is 0 Å². The molecule has 0 bridgehead atoms. The van der Waals surface area contributed by atoms with Crippen LogP contribution in [0.3, 0.4) is 0 Å². The Morgan fingerprint density at radius 2 is 1.70 bits per heavy atom. The molecule has 0 radical (unpaired) electrons. The molecule has 106 valence electrons. The molecule has 0 heterocycles. The molecule has 2 nitrogen and oxygen atoms in total. The maximum absolute atomic E-state index is 5.98. The number of nitrogens with zero attached hydrogens (tertiary/aromatic N) is 1. The van der Waals surface area contributed by atoms with Crippen LogP contribution in [0.15, 0.2) is 48.5 Å². The predicted molar refractivity (Wildman–Crippen MR) is 85.6 cm³/mol. The van der Waals surface area contributed by atoms with Crippen LogP contribution in [0.25, 0.3) is 0 Å². The van der Waals surface area contributed by atoms with Crippen molar-refractivity contribution >= 4 is 5.69 Å². The van der Waals surface area contributed by atoms with Gasteiger partial charge in [0, 0.05) is 14.1 Å². The van der Waals surface area contributed by atoms with E-state index in [1.807, 2.05) is 18.2 Å². The van der Waals surface area contributed by atoms with E-state index in [9.17, 15) is 0 Å². The van der Waals surface area contributed by atoms with Crippen molar-refractivity contribution in [2.75, 3.05) is 19.0 Å². The van der Waals surface area contributed by atoms with Crippen LogP contribution in [0, 0.1) is 0 Å². The smallest absolute Gasteiger partial charge is 0.143 e. The van der Waals surface area contributed by atoms with Gasteiger partial charge in [0.05, 0.1) is 5.69 Å². The average Bonchev–Trinajstić information content (AvgIpc) is 2.45. The molecule has 0 unspecified atom stereocenters. The van der Waals surface area contributed by atoms with Crippen molar-refractivity contribution in [3.8, 4) is 5.75 Å². The van der Waals surface area contributed by atoms with Gasteiger partial charge in [-0.2, -0.15) is 0 Å². The second kappa shape index (κ2) is 6.47. The molecule has 0 saturated carbocycles. The van der Waals surface area contributed by atoms with Gasteiger partial charge in [-0.3, -0.25) is 0 Å². The highest BCUT2D eigenvalue weighted by molar-refractivity contribution is 5.59. The van der Waals surface area contributed by atoms with Gasteiger partial charge in [-0.05, 0) is 29.2 Å². The minimum Gasteiger partial charge on any atom is -0.487 e. The van der Waals surface area contributed by atoms with Crippen LogP contribution < -0.4 is 9.64 Å². The fourth-order valence-corrected chi connectivity index (χ4v) is 2.10. The summed E-state index contributed by atoms with van der Waals surface area (Å²) in [6.45, 7) is 5.02. The molecular weight excluding hydrogens is 246 g/mol. The molecule has 0 atom stereocenters. The predicted octanol–water partition coefficient (Wildman–Crippen LogP) is 4.46. The summed E-state index contributed by atoms with van der Waals surface area (Å²) in [5.74, 6) is 1.46. The highest BCUT2D eigenvalue weighted by atomic mass is 16.5. The summed E-state index contributed by atoms with van der Waals surface area (Å²) in [7, 11) is 4.10. The van der Waals surface area contributed by atoms with Crippen LogP contribution in [-0.4, -0.2) is 14.1 Å². The molecule has 0 aliphatic heterocycles. The van der Waals surface area contributed by atoms with Gasteiger partial charge >= 0.3 is 0 Å². The number of hydrogen-bond acceptors (Lipinski definition) is 2. The van der Waals surface area contributed by atoms with E-state index in [0.29, 0.717) is 12.5 Å². The fourth-order valence-electron chi connectivity index (χ4n) is 2.10. The zero-order chi connectivity index (χ0) is 14.5. The topological polar surface area (TPSA) is 12.5 Å². The van der Waals surface area contributed by atoms with Crippen molar-refractivity contribution in [1.82, 2.24) is 0 Å². The molecule has 0 aliphatic rings. The second-order valence-electron chi connectivity index (χ2n) is 5.55. The molecule has 2 aromatic rings. The van der Waals surface area contributed by atoms with E-state index >= 15 is 0 Å². The summed E-state index contributed by atoms with van der Waals surface area (Å²) in [6, 6.07) is 16.7. The van der Waals surface area contributed by atoms with Gasteiger partial charge in [0.15, 0.2) is 0 Å². The summed E-state index contributed by atoms with van der Waals surface area (Å²) in [4.78, 5) is 2.10.